The molecule has 0 rings (SSSR count). The number of carbonyl (C=O) groups is 1. The van der Waals surface area contributed by atoms with Gasteiger partial charge in [-0.15, -0.1) is 0 Å². The second kappa shape index (κ2) is 64.1. The SMILES string of the molecule is CCCCCCCCCCCCCCCCCCCCCCCCCCCCCCCCC(O)C(=O)NC(CO)C(O)C(O)CCCCCCCCCCCCCCCCCCCCCCCCCCCCCCC. The van der Waals surface area contributed by atoms with Gasteiger partial charge in [-0.1, -0.05) is 393 Å². The summed E-state index contributed by atoms with van der Waals surface area (Å²) < 4.78 is 0. The summed E-state index contributed by atoms with van der Waals surface area (Å²) in [4.78, 5) is 12.7. The lowest BCUT2D eigenvalue weighted by molar-refractivity contribution is -0.132. The molecule has 0 aliphatic carbocycles. The third-order valence-corrected chi connectivity index (χ3v) is 17.1. The van der Waals surface area contributed by atoms with Gasteiger partial charge in [0.1, 0.15) is 12.2 Å². The zero-order valence-electron chi connectivity index (χ0n) is 51.3. The minimum atomic E-state index is -1.26. The van der Waals surface area contributed by atoms with E-state index in [-0.39, 0.29) is 0 Å². The van der Waals surface area contributed by atoms with Gasteiger partial charge < -0.3 is 25.7 Å². The third-order valence-electron chi connectivity index (χ3n) is 17.1. The quantitative estimate of drug-likeness (QED) is 0.0390. The molecule has 5 N–H and O–H groups in total. The molecule has 4 unspecified atom stereocenters. The summed E-state index contributed by atoms with van der Waals surface area (Å²) in [6, 6.07) is -0.982. The molecule has 6 nitrogen and oxygen atoms in total. The number of rotatable bonds is 66. The number of aliphatic hydroxyl groups excluding tert-OH is 4. The molecule has 0 radical (unpaired) electrons. The van der Waals surface area contributed by atoms with E-state index < -0.39 is 36.9 Å². The second-order valence-corrected chi connectivity index (χ2v) is 24.6. The van der Waals surface area contributed by atoms with Crippen molar-refractivity contribution in [1.82, 2.24) is 5.32 Å². The van der Waals surface area contributed by atoms with Crippen LogP contribution in [0.1, 0.15) is 406 Å². The second-order valence-electron chi connectivity index (χ2n) is 24.6. The summed E-state index contributed by atoms with van der Waals surface area (Å²) in [6.07, 6.45) is 78.0. The summed E-state index contributed by atoms with van der Waals surface area (Å²) >= 11 is 0. The maximum absolute atomic E-state index is 12.7. The minimum Gasteiger partial charge on any atom is -0.394 e. The number of aliphatic hydroxyl groups is 4. The predicted molar refractivity (Wildman–Crippen MR) is 330 cm³/mol. The summed E-state index contributed by atoms with van der Waals surface area (Å²) in [7, 11) is 0. The molecule has 450 valence electrons. The molecule has 0 spiro atoms. The fraction of sp³-hybridized carbons (Fsp3) is 0.986. The van der Waals surface area contributed by atoms with Gasteiger partial charge in [0.25, 0.3) is 0 Å². The van der Waals surface area contributed by atoms with Gasteiger partial charge in [0.15, 0.2) is 0 Å². The largest absolute Gasteiger partial charge is 0.394 e. The monoisotopic (exact) mass is 1060 g/mol. The Morgan fingerprint density at radius 3 is 0.640 bits per heavy atom. The molecule has 0 aromatic rings. The minimum absolute atomic E-state index is 0.377. The van der Waals surface area contributed by atoms with E-state index in [2.05, 4.69) is 19.2 Å². The van der Waals surface area contributed by atoms with Crippen LogP contribution in [0.4, 0.5) is 0 Å². The number of nitrogens with one attached hydrogen (secondary N) is 1. The average Bonchev–Trinajstić information content (AvgIpc) is 3.42. The van der Waals surface area contributed by atoms with Crippen LogP contribution in [0.2, 0.25) is 0 Å². The number of amides is 1. The molecule has 0 aromatic carbocycles. The maximum Gasteiger partial charge on any atom is 0.249 e. The van der Waals surface area contributed by atoms with Gasteiger partial charge in [0.05, 0.1) is 18.8 Å². The lowest BCUT2D eigenvalue weighted by atomic mass is 9.99. The van der Waals surface area contributed by atoms with Crippen LogP contribution in [0.15, 0.2) is 0 Å². The fourth-order valence-corrected chi connectivity index (χ4v) is 11.6. The molecule has 0 aromatic heterocycles. The van der Waals surface area contributed by atoms with E-state index in [1.165, 1.54) is 340 Å². The van der Waals surface area contributed by atoms with Gasteiger partial charge in [0.2, 0.25) is 5.91 Å². The smallest absolute Gasteiger partial charge is 0.249 e. The first-order chi connectivity index (χ1) is 37.0. The van der Waals surface area contributed by atoms with E-state index in [4.69, 9.17) is 0 Å². The molecular formula is C69H139NO5. The van der Waals surface area contributed by atoms with Crippen LogP contribution in [0.5, 0.6) is 0 Å². The molecule has 0 bridgehead atoms. The fourth-order valence-electron chi connectivity index (χ4n) is 11.6. The molecule has 0 aliphatic heterocycles. The van der Waals surface area contributed by atoms with Crippen LogP contribution in [0.3, 0.4) is 0 Å². The maximum atomic E-state index is 12.7. The Morgan fingerprint density at radius 1 is 0.280 bits per heavy atom. The van der Waals surface area contributed by atoms with Crippen LogP contribution in [0.25, 0.3) is 0 Å². The normalized spacial score (nSPS) is 13.4. The summed E-state index contributed by atoms with van der Waals surface area (Å²) in [5, 5.41) is 44.3. The molecule has 75 heavy (non-hydrogen) atoms. The first-order valence-electron chi connectivity index (χ1n) is 34.9. The highest BCUT2D eigenvalue weighted by molar-refractivity contribution is 5.80. The number of hydrogen-bond acceptors (Lipinski definition) is 5. The molecular weight excluding hydrogens is 923 g/mol. The topological polar surface area (TPSA) is 110 Å². The first kappa shape index (κ1) is 74.3. The van der Waals surface area contributed by atoms with Gasteiger partial charge in [-0.2, -0.15) is 0 Å². The zero-order chi connectivity index (χ0) is 54.4. The van der Waals surface area contributed by atoms with Crippen molar-refractivity contribution in [2.45, 2.75) is 430 Å². The molecule has 0 heterocycles. The summed E-state index contributed by atoms with van der Waals surface area (Å²) in [5.41, 5.74) is 0. The molecule has 0 aliphatic rings. The molecule has 0 saturated heterocycles. The van der Waals surface area contributed by atoms with Crippen LogP contribution in [-0.4, -0.2) is 57.3 Å². The Bertz CT molecular complexity index is 1060. The van der Waals surface area contributed by atoms with Crippen molar-refractivity contribution < 1.29 is 25.2 Å². The van der Waals surface area contributed by atoms with E-state index in [0.717, 1.165) is 38.5 Å². The highest BCUT2D eigenvalue weighted by atomic mass is 16.3. The number of unbranched alkanes of at least 4 members (excludes halogenated alkanes) is 57. The van der Waals surface area contributed by atoms with E-state index >= 15 is 0 Å². The van der Waals surface area contributed by atoms with Crippen molar-refractivity contribution in [1.29, 1.82) is 0 Å². The zero-order valence-corrected chi connectivity index (χ0v) is 51.3. The molecule has 0 saturated carbocycles. The molecule has 0 fully saturated rings. The van der Waals surface area contributed by atoms with E-state index in [1.807, 2.05) is 0 Å². The Balaban J connectivity index is 3.51. The Hall–Kier alpha value is -0.690. The van der Waals surface area contributed by atoms with Crippen molar-refractivity contribution in [3.63, 3.8) is 0 Å². The van der Waals surface area contributed by atoms with Crippen LogP contribution >= 0.6 is 0 Å². The number of carbonyl (C=O) groups excluding carboxylic acids is 1. The number of hydrogen-bond donors (Lipinski definition) is 5. The van der Waals surface area contributed by atoms with Crippen LogP contribution < -0.4 is 5.32 Å². The highest BCUT2D eigenvalue weighted by Gasteiger charge is 2.28. The average molecular weight is 1060 g/mol. The summed E-state index contributed by atoms with van der Waals surface area (Å²) in [5.74, 6) is -0.573. The van der Waals surface area contributed by atoms with E-state index in [1.54, 1.807) is 0 Å². The van der Waals surface area contributed by atoms with E-state index in [9.17, 15) is 25.2 Å². The van der Waals surface area contributed by atoms with E-state index in [0.29, 0.717) is 12.8 Å². The summed E-state index contributed by atoms with van der Waals surface area (Å²) in [6.45, 7) is 4.12. The Labute approximate surface area is 470 Å². The Kier molecular flexibility index (Phi) is 63.5. The van der Waals surface area contributed by atoms with Gasteiger partial charge >= 0.3 is 0 Å². The van der Waals surface area contributed by atoms with Crippen molar-refractivity contribution >= 4 is 5.91 Å². The van der Waals surface area contributed by atoms with Crippen molar-refractivity contribution in [2.75, 3.05) is 6.61 Å². The highest BCUT2D eigenvalue weighted by Crippen LogP contribution is 2.20. The van der Waals surface area contributed by atoms with Gasteiger partial charge in [-0.05, 0) is 12.8 Å². The van der Waals surface area contributed by atoms with Crippen molar-refractivity contribution in [3.05, 3.63) is 0 Å². The molecule has 1 amide bonds. The van der Waals surface area contributed by atoms with Gasteiger partial charge in [0, 0.05) is 0 Å². The van der Waals surface area contributed by atoms with Crippen LogP contribution in [0, 0.1) is 0 Å². The Morgan fingerprint density at radius 2 is 0.453 bits per heavy atom. The van der Waals surface area contributed by atoms with Gasteiger partial charge in [-0.25, -0.2) is 0 Å². The van der Waals surface area contributed by atoms with Gasteiger partial charge in [-0.3, -0.25) is 4.79 Å². The van der Waals surface area contributed by atoms with Crippen molar-refractivity contribution in [2.24, 2.45) is 0 Å². The first-order valence-corrected chi connectivity index (χ1v) is 34.9. The standard InChI is InChI=1S/C69H139NO5/c1-3-5-7-9-11-13-15-17-19-21-23-25-27-29-31-33-35-37-39-41-43-45-47-49-51-53-55-57-59-61-63-67(73)69(75)70-65(64-71)68(74)66(72)62-60-58-56-54-52-50-48-46-44-42-40-38-36-34-32-30-28-26-24-22-20-18-16-14-12-10-8-6-4-2/h65-68,71-74H,3-64H2,1-2H3,(H,70,75). The third kappa shape index (κ3) is 57.8. The molecule has 6 heteroatoms. The molecule has 4 atom stereocenters. The lowest BCUT2D eigenvalue weighted by Crippen LogP contribution is -2.53. The van der Waals surface area contributed by atoms with Crippen molar-refractivity contribution in [3.8, 4) is 0 Å². The predicted octanol–water partition coefficient (Wildman–Crippen LogP) is 21.4. The van der Waals surface area contributed by atoms with Crippen LogP contribution in [-0.2, 0) is 4.79 Å². The lowest BCUT2D eigenvalue weighted by Gasteiger charge is -2.27.